The summed E-state index contributed by atoms with van der Waals surface area (Å²) in [6.45, 7) is 14.9. The van der Waals surface area contributed by atoms with Crippen LogP contribution in [0.25, 0.3) is 0 Å². The molecule has 1 aromatic rings. The fraction of sp³-hybridized carbons (Fsp3) is 0.750. The van der Waals surface area contributed by atoms with E-state index in [1.54, 1.807) is 0 Å². The summed E-state index contributed by atoms with van der Waals surface area (Å²) < 4.78 is 0. The van der Waals surface area contributed by atoms with Gasteiger partial charge >= 0.3 is 0 Å². The van der Waals surface area contributed by atoms with E-state index in [4.69, 9.17) is 0 Å². The number of nitrogens with one attached hydrogen (secondary N) is 1. The predicted molar refractivity (Wildman–Crippen MR) is 86.1 cm³/mol. The van der Waals surface area contributed by atoms with Gasteiger partial charge in [-0.25, -0.2) is 9.97 Å². The molecule has 0 saturated carbocycles. The van der Waals surface area contributed by atoms with Gasteiger partial charge in [0.2, 0.25) is 5.95 Å². The van der Waals surface area contributed by atoms with E-state index in [2.05, 4.69) is 68.8 Å². The van der Waals surface area contributed by atoms with E-state index in [0.717, 1.165) is 31.2 Å². The van der Waals surface area contributed by atoms with Gasteiger partial charge in [0.05, 0.1) is 0 Å². The summed E-state index contributed by atoms with van der Waals surface area (Å²) in [5, 5.41) is 3.44. The molecule has 4 nitrogen and oxygen atoms in total. The molecule has 0 bridgehead atoms. The fourth-order valence-electron chi connectivity index (χ4n) is 1.82. The molecule has 0 aliphatic heterocycles. The second kappa shape index (κ2) is 7.02. The molecule has 1 aromatic heterocycles. The third-order valence-corrected chi connectivity index (χ3v) is 4.01. The topological polar surface area (TPSA) is 41.1 Å². The van der Waals surface area contributed by atoms with Gasteiger partial charge in [-0.05, 0) is 39.7 Å². The Balaban J connectivity index is 2.77. The van der Waals surface area contributed by atoms with E-state index in [1.807, 2.05) is 6.20 Å². The maximum absolute atomic E-state index is 4.66. The zero-order valence-corrected chi connectivity index (χ0v) is 14.1. The van der Waals surface area contributed by atoms with Crippen molar-refractivity contribution in [3.05, 3.63) is 17.5 Å². The van der Waals surface area contributed by atoms with Crippen LogP contribution in [-0.2, 0) is 6.54 Å². The van der Waals surface area contributed by atoms with Crippen molar-refractivity contribution in [3.8, 4) is 0 Å². The summed E-state index contributed by atoms with van der Waals surface area (Å²) >= 11 is 0. The molecule has 0 aromatic carbocycles. The second-order valence-corrected chi connectivity index (χ2v) is 6.53. The first kappa shape index (κ1) is 16.9. The fourth-order valence-corrected chi connectivity index (χ4v) is 1.82. The van der Waals surface area contributed by atoms with Gasteiger partial charge in [-0.1, -0.05) is 20.8 Å². The molecule has 0 atom stereocenters. The zero-order valence-electron chi connectivity index (χ0n) is 14.1. The zero-order chi connectivity index (χ0) is 15.3. The summed E-state index contributed by atoms with van der Waals surface area (Å²) in [6.07, 6.45) is 3.01. The van der Waals surface area contributed by atoms with Crippen LogP contribution in [0.4, 0.5) is 5.95 Å². The molecule has 114 valence electrons. The number of hydrogen-bond donors (Lipinski definition) is 1. The van der Waals surface area contributed by atoms with Gasteiger partial charge in [-0.3, -0.25) is 0 Å². The summed E-state index contributed by atoms with van der Waals surface area (Å²) in [7, 11) is 2.06. The average Bonchev–Trinajstić information content (AvgIpc) is 2.39. The van der Waals surface area contributed by atoms with Crippen LogP contribution in [0.1, 0.15) is 52.3 Å². The quantitative estimate of drug-likeness (QED) is 0.832. The lowest BCUT2D eigenvalue weighted by atomic mass is 10.0. The molecular weight excluding hydrogens is 248 g/mol. The Morgan fingerprint density at radius 1 is 1.35 bits per heavy atom. The Hall–Kier alpha value is -1.16. The van der Waals surface area contributed by atoms with Crippen LogP contribution in [-0.4, -0.2) is 29.1 Å². The standard InChI is InChI=1S/C16H30N4/c1-8-16(5,6)20(7)15-18-11-14(13(4)19-15)10-17-9-12(2)3/h11-12,17H,8-10H2,1-7H3. The van der Waals surface area contributed by atoms with Crippen LogP contribution in [0, 0.1) is 12.8 Å². The first-order valence-corrected chi connectivity index (χ1v) is 7.55. The lowest BCUT2D eigenvalue weighted by molar-refractivity contribution is 0.462. The molecule has 1 heterocycles. The minimum Gasteiger partial charge on any atom is -0.339 e. The largest absolute Gasteiger partial charge is 0.339 e. The second-order valence-electron chi connectivity index (χ2n) is 6.53. The summed E-state index contributed by atoms with van der Waals surface area (Å²) in [5.41, 5.74) is 2.31. The third kappa shape index (κ3) is 4.44. The molecule has 1 rings (SSSR count). The Labute approximate surface area is 124 Å². The minimum absolute atomic E-state index is 0.0733. The van der Waals surface area contributed by atoms with Crippen LogP contribution in [0.5, 0.6) is 0 Å². The van der Waals surface area contributed by atoms with Crippen molar-refractivity contribution in [2.24, 2.45) is 5.92 Å². The van der Waals surface area contributed by atoms with Crippen LogP contribution in [0.2, 0.25) is 0 Å². The Morgan fingerprint density at radius 3 is 2.50 bits per heavy atom. The van der Waals surface area contributed by atoms with Crippen molar-refractivity contribution >= 4 is 5.95 Å². The predicted octanol–water partition coefficient (Wildman–Crippen LogP) is 3.16. The highest BCUT2D eigenvalue weighted by Gasteiger charge is 2.23. The molecule has 0 unspecified atom stereocenters. The molecule has 0 aliphatic carbocycles. The van der Waals surface area contributed by atoms with Gasteiger partial charge in [0.25, 0.3) is 0 Å². The maximum Gasteiger partial charge on any atom is 0.225 e. The summed E-state index contributed by atoms with van der Waals surface area (Å²) in [4.78, 5) is 11.3. The highest BCUT2D eigenvalue weighted by atomic mass is 15.3. The van der Waals surface area contributed by atoms with Crippen LogP contribution in [0.15, 0.2) is 6.20 Å². The van der Waals surface area contributed by atoms with Crippen molar-refractivity contribution in [2.75, 3.05) is 18.5 Å². The van der Waals surface area contributed by atoms with Crippen molar-refractivity contribution in [3.63, 3.8) is 0 Å². The lowest BCUT2D eigenvalue weighted by Gasteiger charge is -2.35. The third-order valence-electron chi connectivity index (χ3n) is 4.01. The number of hydrogen-bond acceptors (Lipinski definition) is 4. The maximum atomic E-state index is 4.66. The van der Waals surface area contributed by atoms with Gasteiger partial charge in [-0.15, -0.1) is 0 Å². The van der Waals surface area contributed by atoms with Gasteiger partial charge in [0, 0.05) is 36.6 Å². The molecule has 0 fully saturated rings. The Bertz CT molecular complexity index is 426. The summed E-state index contributed by atoms with van der Waals surface area (Å²) in [5.74, 6) is 1.47. The molecule has 4 heteroatoms. The van der Waals surface area contributed by atoms with Gasteiger partial charge in [-0.2, -0.15) is 0 Å². The minimum atomic E-state index is 0.0733. The first-order valence-electron chi connectivity index (χ1n) is 7.55. The van der Waals surface area contributed by atoms with Crippen LogP contribution in [0.3, 0.4) is 0 Å². The number of aryl methyl sites for hydroxylation is 1. The molecule has 0 amide bonds. The van der Waals surface area contributed by atoms with Gasteiger partial charge < -0.3 is 10.2 Å². The van der Waals surface area contributed by atoms with E-state index in [-0.39, 0.29) is 5.54 Å². The molecule has 1 N–H and O–H groups in total. The van der Waals surface area contributed by atoms with E-state index >= 15 is 0 Å². The highest BCUT2D eigenvalue weighted by Crippen LogP contribution is 2.22. The van der Waals surface area contributed by atoms with Gasteiger partial charge in [0.1, 0.15) is 0 Å². The number of nitrogens with zero attached hydrogens (tertiary/aromatic N) is 3. The molecule has 0 saturated heterocycles. The van der Waals surface area contributed by atoms with E-state index < -0.39 is 0 Å². The first-order chi connectivity index (χ1) is 9.27. The smallest absolute Gasteiger partial charge is 0.225 e. The Morgan fingerprint density at radius 2 is 2.00 bits per heavy atom. The van der Waals surface area contributed by atoms with Crippen LogP contribution >= 0.6 is 0 Å². The Kier molecular flexibility index (Phi) is 5.93. The van der Waals surface area contributed by atoms with Crippen molar-refractivity contribution < 1.29 is 0 Å². The monoisotopic (exact) mass is 278 g/mol. The number of anilines is 1. The summed E-state index contributed by atoms with van der Waals surface area (Å²) in [6, 6.07) is 0. The van der Waals surface area contributed by atoms with Crippen molar-refractivity contribution in [1.29, 1.82) is 0 Å². The number of aromatic nitrogens is 2. The van der Waals surface area contributed by atoms with E-state index in [1.165, 1.54) is 5.56 Å². The van der Waals surface area contributed by atoms with E-state index in [0.29, 0.717) is 5.92 Å². The lowest BCUT2D eigenvalue weighted by Crippen LogP contribution is -2.41. The van der Waals surface area contributed by atoms with E-state index in [9.17, 15) is 0 Å². The molecule has 0 radical (unpaired) electrons. The van der Waals surface area contributed by atoms with Crippen molar-refractivity contribution in [1.82, 2.24) is 15.3 Å². The highest BCUT2D eigenvalue weighted by molar-refractivity contribution is 5.35. The average molecular weight is 278 g/mol. The molecule has 20 heavy (non-hydrogen) atoms. The van der Waals surface area contributed by atoms with Gasteiger partial charge in [0.15, 0.2) is 0 Å². The SMILES string of the molecule is CCC(C)(C)N(C)c1ncc(CNCC(C)C)c(C)n1. The van der Waals surface area contributed by atoms with Crippen LogP contribution < -0.4 is 10.2 Å². The normalized spacial score (nSPS) is 12.0. The van der Waals surface area contributed by atoms with Crippen molar-refractivity contribution in [2.45, 2.75) is 60.0 Å². The number of rotatable bonds is 7. The molecule has 0 spiro atoms. The molecule has 0 aliphatic rings. The molecular formula is C16H30N4.